The molecule has 8 heteroatoms. The van der Waals surface area contributed by atoms with Crippen molar-refractivity contribution < 1.29 is 5.11 Å². The van der Waals surface area contributed by atoms with Crippen LogP contribution in [0.3, 0.4) is 0 Å². The lowest BCUT2D eigenvalue weighted by Crippen LogP contribution is -2.25. The lowest BCUT2D eigenvalue weighted by molar-refractivity contribution is 0.487. The number of anilines is 1. The van der Waals surface area contributed by atoms with E-state index in [1.54, 1.807) is 12.1 Å². The molecule has 0 bridgehead atoms. The van der Waals surface area contributed by atoms with Gasteiger partial charge in [-0.15, -0.1) is 0 Å². The molecule has 0 fully saturated rings. The molecular weight excluding hydrogens is 386 g/mol. The van der Waals surface area contributed by atoms with Crippen LogP contribution in [0.15, 0.2) is 63.1 Å². The molecule has 0 saturated heterocycles. The molecule has 0 aliphatic carbocycles. The van der Waals surface area contributed by atoms with Gasteiger partial charge in [0.1, 0.15) is 5.56 Å². The number of nitrogens with one attached hydrogen (secondary N) is 2. The van der Waals surface area contributed by atoms with E-state index in [1.165, 1.54) is 0 Å². The normalized spacial score (nSPS) is 16.0. The number of aliphatic imine (C=N–C) groups is 1. The van der Waals surface area contributed by atoms with Gasteiger partial charge in [0.15, 0.2) is 5.06 Å². The number of hydrogen-bond acceptors (Lipinski definition) is 6. The second-order valence-electron chi connectivity index (χ2n) is 6.05. The van der Waals surface area contributed by atoms with E-state index in [4.69, 9.17) is 11.6 Å². The molecule has 0 radical (unpaired) electrons. The molecule has 3 aromatic rings. The minimum atomic E-state index is -0.649. The Morgan fingerprint density at radius 3 is 2.59 bits per heavy atom. The van der Waals surface area contributed by atoms with Crippen LogP contribution in [0.1, 0.15) is 23.6 Å². The lowest BCUT2D eigenvalue weighted by atomic mass is 9.98. The van der Waals surface area contributed by atoms with Crippen molar-refractivity contribution in [3.63, 3.8) is 0 Å². The molecule has 4 rings (SSSR count). The molecule has 1 aliphatic heterocycles. The van der Waals surface area contributed by atoms with Crippen LogP contribution >= 0.6 is 22.9 Å². The topological polar surface area (TPSA) is 94.5 Å². The number of fused-ring (bicyclic) bond motifs is 1. The zero-order valence-electron chi connectivity index (χ0n) is 13.9. The Balaban J connectivity index is 1.88. The smallest absolute Gasteiger partial charge is 0.310 e. The Labute approximate surface area is 162 Å². The van der Waals surface area contributed by atoms with Crippen molar-refractivity contribution >= 4 is 40.0 Å². The number of para-hydroxylation sites is 2. The summed E-state index contributed by atoms with van der Waals surface area (Å²) in [5.41, 5.74) is 2.21. The zero-order chi connectivity index (χ0) is 19.0. The van der Waals surface area contributed by atoms with Crippen LogP contribution in [-0.4, -0.2) is 15.8 Å². The van der Waals surface area contributed by atoms with Crippen molar-refractivity contribution in [3.8, 4) is 5.06 Å². The van der Waals surface area contributed by atoms with E-state index in [0.717, 1.165) is 11.3 Å². The van der Waals surface area contributed by atoms with Crippen LogP contribution in [0.2, 0.25) is 5.02 Å². The molecule has 0 amide bonds. The van der Waals surface area contributed by atoms with Gasteiger partial charge >= 0.3 is 4.87 Å². The van der Waals surface area contributed by atoms with Gasteiger partial charge in [0.05, 0.1) is 23.1 Å². The molecular formula is C19H14ClN3O3S. The number of rotatable bonds is 2. The largest absolute Gasteiger partial charge is 0.499 e. The SMILES string of the molecule is O=c1[nH]c(=O)c(C2=Nc3ccccc3NC(c3ccc(Cl)cc3)C2)c(O)s1. The highest BCUT2D eigenvalue weighted by molar-refractivity contribution is 7.11. The van der Waals surface area contributed by atoms with Gasteiger partial charge in [-0.3, -0.25) is 19.6 Å². The van der Waals surface area contributed by atoms with E-state index in [9.17, 15) is 14.7 Å². The van der Waals surface area contributed by atoms with E-state index >= 15 is 0 Å². The maximum atomic E-state index is 12.3. The average Bonchev–Trinajstić information content (AvgIpc) is 2.81. The molecule has 0 saturated carbocycles. The summed E-state index contributed by atoms with van der Waals surface area (Å²) in [6.07, 6.45) is 0.345. The zero-order valence-corrected chi connectivity index (χ0v) is 15.5. The fraction of sp³-hybridized carbons (Fsp3) is 0.105. The van der Waals surface area contributed by atoms with Gasteiger partial charge in [0.25, 0.3) is 5.56 Å². The Kier molecular flexibility index (Phi) is 4.55. The molecule has 0 spiro atoms. The first-order chi connectivity index (χ1) is 13.0. The summed E-state index contributed by atoms with van der Waals surface area (Å²) in [5, 5.41) is 14.0. The minimum absolute atomic E-state index is 0.0251. The molecule has 1 aliphatic rings. The number of H-pyrrole nitrogens is 1. The summed E-state index contributed by atoms with van der Waals surface area (Å²) >= 11 is 6.57. The quantitative estimate of drug-likeness (QED) is 0.610. The molecule has 136 valence electrons. The Bertz CT molecular complexity index is 1150. The fourth-order valence-corrected chi connectivity index (χ4v) is 3.80. The van der Waals surface area contributed by atoms with Gasteiger partial charge in [-0.05, 0) is 41.2 Å². The second-order valence-corrected chi connectivity index (χ2v) is 7.45. The Hall–Kier alpha value is -2.90. The highest BCUT2D eigenvalue weighted by Crippen LogP contribution is 2.36. The number of aromatic nitrogens is 1. The molecule has 3 N–H and O–H groups in total. The van der Waals surface area contributed by atoms with E-state index < -0.39 is 10.4 Å². The standard InChI is InChI=1S/C19H14ClN3O3S/c20-11-7-5-10(6-8-11)14-9-15(16-17(24)23-19(26)27-18(16)25)22-13-4-2-1-3-12(13)21-14/h1-8,14,21,25H,9H2,(H,23,24,26). The van der Waals surface area contributed by atoms with E-state index in [0.29, 0.717) is 34.2 Å². The molecule has 2 aromatic carbocycles. The summed E-state index contributed by atoms with van der Waals surface area (Å²) in [6, 6.07) is 14.7. The highest BCUT2D eigenvalue weighted by atomic mass is 35.5. The Morgan fingerprint density at radius 1 is 1.11 bits per heavy atom. The number of halogens is 1. The summed E-state index contributed by atoms with van der Waals surface area (Å²) in [4.78, 5) is 30.0. The number of hydrogen-bond donors (Lipinski definition) is 3. The van der Waals surface area contributed by atoms with E-state index in [-0.39, 0.29) is 16.7 Å². The summed E-state index contributed by atoms with van der Waals surface area (Å²) < 4.78 is 0. The van der Waals surface area contributed by atoms with Crippen molar-refractivity contribution in [1.29, 1.82) is 0 Å². The summed E-state index contributed by atoms with van der Waals surface area (Å²) in [7, 11) is 0. The third kappa shape index (κ3) is 3.51. The number of benzene rings is 2. The van der Waals surface area contributed by atoms with Gasteiger partial charge in [-0.2, -0.15) is 0 Å². The Morgan fingerprint density at radius 2 is 1.85 bits per heavy atom. The molecule has 1 aromatic heterocycles. The van der Waals surface area contributed by atoms with Crippen LogP contribution in [-0.2, 0) is 0 Å². The minimum Gasteiger partial charge on any atom is -0.499 e. The number of aromatic amines is 1. The number of aromatic hydroxyl groups is 1. The lowest BCUT2D eigenvalue weighted by Gasteiger charge is -2.19. The van der Waals surface area contributed by atoms with Crippen LogP contribution in [0.25, 0.3) is 0 Å². The summed E-state index contributed by atoms with van der Waals surface area (Å²) in [6.45, 7) is 0. The van der Waals surface area contributed by atoms with E-state index in [2.05, 4.69) is 15.3 Å². The van der Waals surface area contributed by atoms with Crippen LogP contribution in [0, 0.1) is 0 Å². The highest BCUT2D eigenvalue weighted by Gasteiger charge is 2.25. The third-order valence-corrected chi connectivity index (χ3v) is 5.23. The van der Waals surface area contributed by atoms with Gasteiger partial charge in [0.2, 0.25) is 0 Å². The van der Waals surface area contributed by atoms with Crippen molar-refractivity contribution in [2.24, 2.45) is 4.99 Å². The third-order valence-electron chi connectivity index (χ3n) is 4.29. The fourth-order valence-electron chi connectivity index (χ4n) is 3.04. The number of nitrogens with zero attached hydrogens (tertiary/aromatic N) is 1. The van der Waals surface area contributed by atoms with Crippen LogP contribution in [0.5, 0.6) is 5.06 Å². The summed E-state index contributed by atoms with van der Waals surface area (Å²) in [5.74, 6) is 0. The molecule has 27 heavy (non-hydrogen) atoms. The van der Waals surface area contributed by atoms with Crippen molar-refractivity contribution in [3.05, 3.63) is 84.7 Å². The van der Waals surface area contributed by atoms with Crippen LogP contribution in [0.4, 0.5) is 11.4 Å². The van der Waals surface area contributed by atoms with Crippen molar-refractivity contribution in [2.75, 3.05) is 5.32 Å². The van der Waals surface area contributed by atoms with Crippen molar-refractivity contribution in [2.45, 2.75) is 12.5 Å². The first-order valence-corrected chi connectivity index (χ1v) is 9.36. The molecule has 1 unspecified atom stereocenters. The average molecular weight is 400 g/mol. The van der Waals surface area contributed by atoms with Gasteiger partial charge in [-0.25, -0.2) is 0 Å². The van der Waals surface area contributed by atoms with Gasteiger partial charge < -0.3 is 10.4 Å². The monoisotopic (exact) mass is 399 g/mol. The molecule has 1 atom stereocenters. The predicted octanol–water partition coefficient (Wildman–Crippen LogP) is 3.83. The first kappa shape index (κ1) is 17.5. The van der Waals surface area contributed by atoms with E-state index in [1.807, 2.05) is 36.4 Å². The maximum absolute atomic E-state index is 12.3. The van der Waals surface area contributed by atoms with Crippen LogP contribution < -0.4 is 15.7 Å². The van der Waals surface area contributed by atoms with Gasteiger partial charge in [-0.1, -0.05) is 35.9 Å². The maximum Gasteiger partial charge on any atom is 0.310 e. The molecule has 6 nitrogen and oxygen atoms in total. The first-order valence-electron chi connectivity index (χ1n) is 8.16. The van der Waals surface area contributed by atoms with Crippen molar-refractivity contribution in [1.82, 2.24) is 4.98 Å². The van der Waals surface area contributed by atoms with Gasteiger partial charge in [0, 0.05) is 11.4 Å². The predicted molar refractivity (Wildman–Crippen MR) is 108 cm³/mol. The molecule has 2 heterocycles. The second kappa shape index (κ2) is 7.02.